The molecule has 3 heteroatoms. The van der Waals surface area contributed by atoms with Gasteiger partial charge in [0.15, 0.2) is 0 Å². The van der Waals surface area contributed by atoms with E-state index >= 15 is 0 Å². The molecule has 1 amide bonds. The molecule has 0 aromatic carbocycles. The molecule has 0 aliphatic carbocycles. The Morgan fingerprint density at radius 1 is 1.35 bits per heavy atom. The lowest BCUT2D eigenvalue weighted by atomic mass is 9.91. The molecule has 2 fully saturated rings. The van der Waals surface area contributed by atoms with Gasteiger partial charge in [0.1, 0.15) is 0 Å². The summed E-state index contributed by atoms with van der Waals surface area (Å²) in [6.07, 6.45) is 7.38. The van der Waals surface area contributed by atoms with E-state index in [2.05, 4.69) is 16.8 Å². The Morgan fingerprint density at radius 2 is 2.12 bits per heavy atom. The molecule has 1 N–H and O–H groups in total. The summed E-state index contributed by atoms with van der Waals surface area (Å²) in [6.45, 7) is 7.93. The number of carbonyl (C=O) groups is 1. The lowest BCUT2D eigenvalue weighted by Crippen LogP contribution is -2.45. The summed E-state index contributed by atoms with van der Waals surface area (Å²) in [4.78, 5) is 14.4. The van der Waals surface area contributed by atoms with Crippen molar-refractivity contribution in [2.75, 3.05) is 26.2 Å². The number of nitrogens with one attached hydrogen (secondary N) is 1. The highest BCUT2D eigenvalue weighted by Gasteiger charge is 2.29. The highest BCUT2D eigenvalue weighted by Crippen LogP contribution is 2.23. The maximum Gasteiger partial charge on any atom is 0.226 e. The van der Waals surface area contributed by atoms with Crippen molar-refractivity contribution in [1.29, 1.82) is 0 Å². The molecule has 17 heavy (non-hydrogen) atoms. The summed E-state index contributed by atoms with van der Waals surface area (Å²) in [5.74, 6) is 1.29. The van der Waals surface area contributed by atoms with Crippen LogP contribution in [0.2, 0.25) is 0 Å². The summed E-state index contributed by atoms with van der Waals surface area (Å²) in [5.41, 5.74) is 0. The van der Waals surface area contributed by atoms with Crippen molar-refractivity contribution < 1.29 is 4.79 Å². The van der Waals surface area contributed by atoms with Crippen molar-refractivity contribution in [1.82, 2.24) is 10.2 Å². The molecule has 0 aromatic heterocycles. The summed E-state index contributed by atoms with van der Waals surface area (Å²) < 4.78 is 0. The van der Waals surface area contributed by atoms with Gasteiger partial charge in [-0.05, 0) is 51.1 Å². The van der Waals surface area contributed by atoms with Crippen LogP contribution < -0.4 is 5.32 Å². The number of hydrogen-bond acceptors (Lipinski definition) is 2. The fraction of sp³-hybridized carbons (Fsp3) is 0.786. The zero-order valence-electron chi connectivity index (χ0n) is 10.7. The third-order valence-corrected chi connectivity index (χ3v) is 4.03. The van der Waals surface area contributed by atoms with E-state index in [9.17, 15) is 4.79 Å². The molecule has 2 aliphatic rings. The summed E-state index contributed by atoms with van der Waals surface area (Å²) in [7, 11) is 0. The average molecular weight is 236 g/mol. The second kappa shape index (κ2) is 6.20. The molecule has 2 saturated heterocycles. The number of carbonyl (C=O) groups excluding carboxylic acids is 1. The lowest BCUT2D eigenvalue weighted by molar-refractivity contribution is -0.139. The number of rotatable bonds is 4. The van der Waals surface area contributed by atoms with Crippen LogP contribution in [0.25, 0.3) is 0 Å². The minimum Gasteiger partial charge on any atom is -0.342 e. The van der Waals surface area contributed by atoms with Crippen LogP contribution in [-0.4, -0.2) is 37.0 Å². The first-order chi connectivity index (χ1) is 8.31. The van der Waals surface area contributed by atoms with Crippen LogP contribution in [0.1, 0.15) is 32.1 Å². The second-order valence-corrected chi connectivity index (χ2v) is 5.34. The Labute approximate surface area is 104 Å². The van der Waals surface area contributed by atoms with Gasteiger partial charge in [-0.15, -0.1) is 6.58 Å². The third kappa shape index (κ3) is 3.32. The minimum absolute atomic E-state index is 0.211. The molecule has 0 radical (unpaired) electrons. The van der Waals surface area contributed by atoms with Crippen molar-refractivity contribution in [2.24, 2.45) is 11.8 Å². The van der Waals surface area contributed by atoms with E-state index in [4.69, 9.17) is 0 Å². The first-order valence-corrected chi connectivity index (χ1v) is 6.91. The maximum atomic E-state index is 12.3. The van der Waals surface area contributed by atoms with Crippen molar-refractivity contribution in [3.05, 3.63) is 12.7 Å². The van der Waals surface area contributed by atoms with Crippen LogP contribution in [0.3, 0.4) is 0 Å². The van der Waals surface area contributed by atoms with Crippen LogP contribution in [0, 0.1) is 11.8 Å². The zero-order chi connectivity index (χ0) is 12.1. The molecular formula is C14H24N2O. The first-order valence-electron chi connectivity index (χ1n) is 6.91. The molecule has 96 valence electrons. The largest absolute Gasteiger partial charge is 0.342 e. The quantitative estimate of drug-likeness (QED) is 0.755. The number of likely N-dealkylation sites (tertiary alicyclic amines) is 1. The SMILES string of the molecule is C=CCC1CCCN(CC2CCNCC2)C1=O. The molecule has 0 bridgehead atoms. The Bertz CT molecular complexity index is 271. The molecule has 2 rings (SSSR count). The van der Waals surface area contributed by atoms with E-state index in [1.54, 1.807) is 0 Å². The van der Waals surface area contributed by atoms with Crippen LogP contribution in [0.5, 0.6) is 0 Å². The van der Waals surface area contributed by atoms with Gasteiger partial charge in [0, 0.05) is 19.0 Å². The monoisotopic (exact) mass is 236 g/mol. The summed E-state index contributed by atoms with van der Waals surface area (Å²) in [6, 6.07) is 0. The average Bonchev–Trinajstić information content (AvgIpc) is 2.36. The molecule has 1 unspecified atom stereocenters. The molecule has 0 aromatic rings. The van der Waals surface area contributed by atoms with Crippen molar-refractivity contribution in [3.8, 4) is 0 Å². The van der Waals surface area contributed by atoms with Gasteiger partial charge in [-0.3, -0.25) is 4.79 Å². The van der Waals surface area contributed by atoms with Crippen molar-refractivity contribution >= 4 is 5.91 Å². The van der Waals surface area contributed by atoms with Crippen LogP contribution in [-0.2, 0) is 4.79 Å². The molecule has 0 saturated carbocycles. The molecule has 2 heterocycles. The second-order valence-electron chi connectivity index (χ2n) is 5.34. The molecular weight excluding hydrogens is 212 g/mol. The maximum absolute atomic E-state index is 12.3. The highest BCUT2D eigenvalue weighted by molar-refractivity contribution is 5.79. The lowest BCUT2D eigenvalue weighted by Gasteiger charge is -2.35. The predicted molar refractivity (Wildman–Crippen MR) is 69.7 cm³/mol. The Hall–Kier alpha value is -0.830. The van der Waals surface area contributed by atoms with E-state index in [0.29, 0.717) is 11.8 Å². The van der Waals surface area contributed by atoms with Crippen LogP contribution in [0.4, 0.5) is 0 Å². The predicted octanol–water partition coefficient (Wildman–Crippen LogP) is 1.80. The van der Waals surface area contributed by atoms with Gasteiger partial charge < -0.3 is 10.2 Å². The summed E-state index contributed by atoms with van der Waals surface area (Å²) in [5, 5.41) is 3.38. The number of piperidine rings is 2. The highest BCUT2D eigenvalue weighted by atomic mass is 16.2. The number of hydrogen-bond donors (Lipinski definition) is 1. The van der Waals surface area contributed by atoms with E-state index in [1.165, 1.54) is 12.8 Å². The minimum atomic E-state index is 0.211. The van der Waals surface area contributed by atoms with Gasteiger partial charge in [-0.1, -0.05) is 6.08 Å². The van der Waals surface area contributed by atoms with Crippen molar-refractivity contribution in [2.45, 2.75) is 32.1 Å². The summed E-state index contributed by atoms with van der Waals surface area (Å²) >= 11 is 0. The fourth-order valence-corrected chi connectivity index (χ4v) is 3.00. The van der Waals surface area contributed by atoms with Gasteiger partial charge in [0.25, 0.3) is 0 Å². The number of amides is 1. The fourth-order valence-electron chi connectivity index (χ4n) is 3.00. The van der Waals surface area contributed by atoms with Crippen molar-refractivity contribution in [3.63, 3.8) is 0 Å². The molecule has 1 atom stereocenters. The molecule has 0 spiro atoms. The van der Waals surface area contributed by atoms with E-state index in [0.717, 1.165) is 45.4 Å². The van der Waals surface area contributed by atoms with Gasteiger partial charge in [-0.2, -0.15) is 0 Å². The van der Waals surface area contributed by atoms with Crippen LogP contribution in [0.15, 0.2) is 12.7 Å². The van der Waals surface area contributed by atoms with E-state index in [-0.39, 0.29) is 5.92 Å². The van der Waals surface area contributed by atoms with Gasteiger partial charge in [0.2, 0.25) is 5.91 Å². The van der Waals surface area contributed by atoms with Gasteiger partial charge >= 0.3 is 0 Å². The number of nitrogens with zero attached hydrogens (tertiary/aromatic N) is 1. The number of allylic oxidation sites excluding steroid dienone is 1. The topological polar surface area (TPSA) is 32.3 Å². The molecule has 2 aliphatic heterocycles. The van der Waals surface area contributed by atoms with Gasteiger partial charge in [0.05, 0.1) is 0 Å². The Morgan fingerprint density at radius 3 is 2.82 bits per heavy atom. The van der Waals surface area contributed by atoms with E-state index in [1.807, 2.05) is 6.08 Å². The molecule has 3 nitrogen and oxygen atoms in total. The van der Waals surface area contributed by atoms with Crippen LogP contribution >= 0.6 is 0 Å². The Balaban J connectivity index is 1.86. The standard InChI is InChI=1S/C14H24N2O/c1-2-4-13-5-3-10-16(14(13)17)11-12-6-8-15-9-7-12/h2,12-13,15H,1,3-11H2. The third-order valence-electron chi connectivity index (χ3n) is 4.03. The first kappa shape index (κ1) is 12.6. The van der Waals surface area contributed by atoms with Gasteiger partial charge in [-0.25, -0.2) is 0 Å². The Kier molecular flexibility index (Phi) is 4.60. The zero-order valence-corrected chi connectivity index (χ0v) is 10.7. The van der Waals surface area contributed by atoms with E-state index < -0.39 is 0 Å². The normalized spacial score (nSPS) is 27.2. The smallest absolute Gasteiger partial charge is 0.226 e.